The van der Waals surface area contributed by atoms with Crippen LogP contribution in [0.4, 0.5) is 11.4 Å². The molecule has 0 aromatic heterocycles. The first kappa shape index (κ1) is 22.4. The first-order valence-electron chi connectivity index (χ1n) is 8.74. The van der Waals surface area contributed by atoms with Crippen molar-refractivity contribution in [2.45, 2.75) is 19.3 Å². The van der Waals surface area contributed by atoms with E-state index in [1.54, 1.807) is 7.11 Å². The van der Waals surface area contributed by atoms with Gasteiger partial charge in [0.25, 0.3) is 0 Å². The summed E-state index contributed by atoms with van der Waals surface area (Å²) in [5, 5.41) is 20.7. The van der Waals surface area contributed by atoms with E-state index in [2.05, 4.69) is 27.7 Å². The second-order valence-corrected chi connectivity index (χ2v) is 5.92. The average Bonchev–Trinajstić information content (AvgIpc) is 2.67. The summed E-state index contributed by atoms with van der Waals surface area (Å²) in [6.45, 7) is 3.86. The number of amides is 1. The van der Waals surface area contributed by atoms with Crippen LogP contribution in [-0.4, -0.2) is 68.0 Å². The number of hydrogen-bond acceptors (Lipinski definition) is 6. The fraction of sp³-hybridized carbons (Fsp3) is 0.500. The molecule has 0 saturated carbocycles. The van der Waals surface area contributed by atoms with Crippen molar-refractivity contribution >= 4 is 29.2 Å². The van der Waals surface area contributed by atoms with Crippen LogP contribution in [-0.2, 0) is 19.1 Å². The molecule has 1 heterocycles. The van der Waals surface area contributed by atoms with Gasteiger partial charge in [0.05, 0.1) is 13.2 Å². The van der Waals surface area contributed by atoms with Gasteiger partial charge in [0.2, 0.25) is 5.91 Å². The monoisotopic (exact) mass is 381 g/mol. The molecule has 9 nitrogen and oxygen atoms in total. The highest BCUT2D eigenvalue weighted by atomic mass is 16.5. The van der Waals surface area contributed by atoms with Crippen molar-refractivity contribution < 1.29 is 29.3 Å². The molecule has 0 bridgehead atoms. The summed E-state index contributed by atoms with van der Waals surface area (Å²) in [6.07, 6.45) is 3.87. The lowest BCUT2D eigenvalue weighted by molar-refractivity contribution is -0.159. The summed E-state index contributed by atoms with van der Waals surface area (Å²) in [5.74, 6) is -3.68. The molecule has 1 aliphatic heterocycles. The summed E-state index contributed by atoms with van der Waals surface area (Å²) in [7, 11) is 1.64. The molecule has 0 unspecified atom stereocenters. The van der Waals surface area contributed by atoms with Crippen molar-refractivity contribution in [1.82, 2.24) is 5.32 Å². The van der Waals surface area contributed by atoms with Crippen LogP contribution in [0.1, 0.15) is 19.3 Å². The third-order valence-electron chi connectivity index (χ3n) is 3.82. The van der Waals surface area contributed by atoms with Crippen LogP contribution in [0.15, 0.2) is 24.3 Å². The Morgan fingerprint density at radius 2 is 1.63 bits per heavy atom. The summed E-state index contributed by atoms with van der Waals surface area (Å²) in [6, 6.07) is 8.10. The third kappa shape index (κ3) is 9.57. The zero-order valence-corrected chi connectivity index (χ0v) is 15.4. The standard InChI is InChI=1S/C16H25N3O2.C2H2O4/c1-21-12-9-17-13-16(20)18-14-5-7-15(8-6-14)19-10-3-2-4-11-19;3-1(4)2(5)6/h5-8,17H,2-4,9-13H2,1H3,(H,18,20);(H,3,4)(H,5,6). The zero-order valence-electron chi connectivity index (χ0n) is 15.4. The Hall–Kier alpha value is -2.65. The Kier molecular flexibility index (Phi) is 10.5. The van der Waals surface area contributed by atoms with Gasteiger partial charge in [-0.3, -0.25) is 4.79 Å². The Morgan fingerprint density at radius 1 is 1.04 bits per heavy atom. The molecule has 27 heavy (non-hydrogen) atoms. The van der Waals surface area contributed by atoms with E-state index in [-0.39, 0.29) is 5.91 Å². The molecule has 150 valence electrons. The van der Waals surface area contributed by atoms with Gasteiger partial charge in [0, 0.05) is 38.1 Å². The predicted molar refractivity (Wildman–Crippen MR) is 101 cm³/mol. The van der Waals surface area contributed by atoms with Crippen molar-refractivity contribution in [2.24, 2.45) is 0 Å². The molecule has 0 aliphatic carbocycles. The number of carboxylic acids is 2. The lowest BCUT2D eigenvalue weighted by atomic mass is 10.1. The number of rotatable bonds is 7. The second-order valence-electron chi connectivity index (χ2n) is 5.92. The maximum absolute atomic E-state index is 11.7. The highest BCUT2D eigenvalue weighted by molar-refractivity contribution is 6.27. The lowest BCUT2D eigenvalue weighted by Crippen LogP contribution is -2.30. The van der Waals surface area contributed by atoms with Gasteiger partial charge >= 0.3 is 11.9 Å². The molecular weight excluding hydrogens is 354 g/mol. The van der Waals surface area contributed by atoms with Gasteiger partial charge in [0.15, 0.2) is 0 Å². The Balaban J connectivity index is 0.000000527. The number of carboxylic acid groups (broad SMARTS) is 2. The molecule has 4 N–H and O–H groups in total. The fourth-order valence-corrected chi connectivity index (χ4v) is 2.49. The molecular formula is C18H27N3O6. The van der Waals surface area contributed by atoms with Crippen molar-refractivity contribution in [2.75, 3.05) is 50.1 Å². The van der Waals surface area contributed by atoms with Gasteiger partial charge in [-0.05, 0) is 43.5 Å². The number of nitrogens with zero attached hydrogens (tertiary/aromatic N) is 1. The molecule has 1 fully saturated rings. The highest BCUT2D eigenvalue weighted by Gasteiger charge is 2.10. The summed E-state index contributed by atoms with van der Waals surface area (Å²) >= 11 is 0. The predicted octanol–water partition coefficient (Wildman–Crippen LogP) is 1.01. The Labute approximate surface area is 158 Å². The van der Waals surface area contributed by atoms with E-state index in [1.165, 1.54) is 24.9 Å². The van der Waals surface area contributed by atoms with E-state index >= 15 is 0 Å². The zero-order chi connectivity index (χ0) is 20.1. The summed E-state index contributed by atoms with van der Waals surface area (Å²) < 4.78 is 4.91. The van der Waals surface area contributed by atoms with Crippen LogP contribution >= 0.6 is 0 Å². The van der Waals surface area contributed by atoms with Gasteiger partial charge in [-0.15, -0.1) is 0 Å². The van der Waals surface area contributed by atoms with Gasteiger partial charge in [-0.1, -0.05) is 0 Å². The molecule has 1 saturated heterocycles. The number of piperidine rings is 1. The van der Waals surface area contributed by atoms with E-state index in [0.717, 1.165) is 18.8 Å². The van der Waals surface area contributed by atoms with Crippen molar-refractivity contribution in [3.8, 4) is 0 Å². The molecule has 1 aromatic rings. The maximum atomic E-state index is 11.7. The molecule has 1 aliphatic rings. The van der Waals surface area contributed by atoms with Gasteiger partial charge in [0.1, 0.15) is 0 Å². The van der Waals surface area contributed by atoms with E-state index in [1.807, 2.05) is 12.1 Å². The van der Waals surface area contributed by atoms with Gasteiger partial charge < -0.3 is 30.5 Å². The number of ether oxygens (including phenoxy) is 1. The molecule has 0 atom stereocenters. The second kappa shape index (κ2) is 12.7. The first-order valence-corrected chi connectivity index (χ1v) is 8.74. The highest BCUT2D eigenvalue weighted by Crippen LogP contribution is 2.21. The Bertz CT molecular complexity index is 588. The SMILES string of the molecule is COCCNCC(=O)Nc1ccc(N2CCCCC2)cc1.O=C(O)C(=O)O. The van der Waals surface area contributed by atoms with Crippen molar-refractivity contribution in [3.63, 3.8) is 0 Å². The van der Waals surface area contributed by atoms with Crippen LogP contribution in [0, 0.1) is 0 Å². The van der Waals surface area contributed by atoms with E-state index < -0.39 is 11.9 Å². The fourth-order valence-electron chi connectivity index (χ4n) is 2.49. The largest absolute Gasteiger partial charge is 0.473 e. The van der Waals surface area contributed by atoms with Gasteiger partial charge in [-0.2, -0.15) is 0 Å². The van der Waals surface area contributed by atoms with E-state index in [9.17, 15) is 4.79 Å². The minimum absolute atomic E-state index is 0.0307. The van der Waals surface area contributed by atoms with Crippen LogP contribution < -0.4 is 15.5 Å². The topological polar surface area (TPSA) is 128 Å². The van der Waals surface area contributed by atoms with Crippen molar-refractivity contribution in [1.29, 1.82) is 0 Å². The summed E-state index contributed by atoms with van der Waals surface area (Å²) in [5.41, 5.74) is 2.08. The number of carbonyl (C=O) groups excluding carboxylic acids is 1. The quantitative estimate of drug-likeness (QED) is 0.407. The Morgan fingerprint density at radius 3 is 2.15 bits per heavy atom. The number of benzene rings is 1. The summed E-state index contributed by atoms with van der Waals surface area (Å²) in [4.78, 5) is 32.3. The minimum Gasteiger partial charge on any atom is -0.473 e. The first-order chi connectivity index (χ1) is 12.9. The van der Waals surface area contributed by atoms with E-state index in [0.29, 0.717) is 19.7 Å². The van der Waals surface area contributed by atoms with Crippen molar-refractivity contribution in [3.05, 3.63) is 24.3 Å². The lowest BCUT2D eigenvalue weighted by Gasteiger charge is -2.28. The number of methoxy groups -OCH3 is 1. The number of carbonyl (C=O) groups is 3. The maximum Gasteiger partial charge on any atom is 0.414 e. The number of anilines is 2. The molecule has 0 spiro atoms. The van der Waals surface area contributed by atoms with Crippen LogP contribution in [0.25, 0.3) is 0 Å². The number of nitrogens with one attached hydrogen (secondary N) is 2. The normalized spacial score (nSPS) is 13.3. The number of aliphatic carboxylic acids is 2. The minimum atomic E-state index is -1.82. The number of hydrogen-bond donors (Lipinski definition) is 4. The molecule has 9 heteroatoms. The smallest absolute Gasteiger partial charge is 0.414 e. The van der Waals surface area contributed by atoms with E-state index in [4.69, 9.17) is 24.5 Å². The molecule has 2 rings (SSSR count). The van der Waals surface area contributed by atoms with Crippen LogP contribution in [0.5, 0.6) is 0 Å². The van der Waals surface area contributed by atoms with Gasteiger partial charge in [-0.25, -0.2) is 9.59 Å². The third-order valence-corrected chi connectivity index (χ3v) is 3.82. The molecule has 1 aromatic carbocycles. The average molecular weight is 381 g/mol. The van der Waals surface area contributed by atoms with Crippen LogP contribution in [0.2, 0.25) is 0 Å². The van der Waals surface area contributed by atoms with Crippen LogP contribution in [0.3, 0.4) is 0 Å². The molecule has 0 radical (unpaired) electrons. The molecule has 1 amide bonds.